The number of carbonyl (C=O) groups is 1. The zero-order valence-corrected chi connectivity index (χ0v) is 11.5. The minimum absolute atomic E-state index is 0.0745. The van der Waals surface area contributed by atoms with E-state index in [4.69, 9.17) is 10.5 Å². The summed E-state index contributed by atoms with van der Waals surface area (Å²) < 4.78 is 5.42. The number of unbranched alkanes of at least 4 members (excludes halogenated alkanes) is 1. The van der Waals surface area contributed by atoms with Crippen molar-refractivity contribution >= 4 is 5.91 Å². The molecular weight excluding hydrogens is 216 g/mol. The van der Waals surface area contributed by atoms with Crippen molar-refractivity contribution in [2.24, 2.45) is 11.7 Å². The van der Waals surface area contributed by atoms with E-state index in [2.05, 4.69) is 5.32 Å². The van der Waals surface area contributed by atoms with Crippen molar-refractivity contribution in [2.75, 3.05) is 19.7 Å². The average molecular weight is 244 g/mol. The van der Waals surface area contributed by atoms with Gasteiger partial charge in [-0.1, -0.05) is 6.92 Å². The van der Waals surface area contributed by atoms with Crippen molar-refractivity contribution in [3.05, 3.63) is 0 Å². The van der Waals surface area contributed by atoms with E-state index in [1.807, 2.05) is 20.8 Å². The molecule has 0 saturated heterocycles. The number of nitrogens with two attached hydrogens (primary N) is 1. The molecule has 0 aliphatic rings. The molecule has 4 heteroatoms. The van der Waals surface area contributed by atoms with Crippen LogP contribution in [0.1, 0.15) is 46.5 Å². The molecule has 0 aromatic heterocycles. The van der Waals surface area contributed by atoms with Crippen molar-refractivity contribution in [2.45, 2.75) is 52.6 Å². The van der Waals surface area contributed by atoms with Crippen molar-refractivity contribution in [3.63, 3.8) is 0 Å². The number of ether oxygens (including phenoxy) is 1. The van der Waals surface area contributed by atoms with Gasteiger partial charge in [0.2, 0.25) is 5.91 Å². The summed E-state index contributed by atoms with van der Waals surface area (Å²) in [6.45, 7) is 8.18. The third-order valence-corrected chi connectivity index (χ3v) is 2.61. The molecule has 1 unspecified atom stereocenters. The molecular formula is C13H28N2O2. The van der Waals surface area contributed by atoms with Crippen LogP contribution in [0, 0.1) is 5.92 Å². The first-order valence-electron chi connectivity index (χ1n) is 6.67. The maximum Gasteiger partial charge on any atom is 0.222 e. The Morgan fingerprint density at radius 3 is 2.53 bits per heavy atom. The zero-order chi connectivity index (χ0) is 13.1. The molecule has 0 saturated carbocycles. The quantitative estimate of drug-likeness (QED) is 0.575. The Morgan fingerprint density at radius 2 is 1.94 bits per heavy atom. The molecule has 102 valence electrons. The lowest BCUT2D eigenvalue weighted by Gasteiger charge is -2.12. The molecule has 0 heterocycles. The molecule has 0 aromatic carbocycles. The molecule has 1 amide bonds. The van der Waals surface area contributed by atoms with Crippen LogP contribution in [-0.2, 0) is 9.53 Å². The van der Waals surface area contributed by atoms with Gasteiger partial charge >= 0.3 is 0 Å². The fourth-order valence-corrected chi connectivity index (χ4v) is 1.49. The Morgan fingerprint density at radius 1 is 1.24 bits per heavy atom. The Balaban J connectivity index is 3.38. The molecule has 0 rings (SSSR count). The SMILES string of the molecule is CC(C)OCCCCNC(=O)C(C)CCCN. The van der Waals surface area contributed by atoms with Gasteiger partial charge in [-0.05, 0) is 46.1 Å². The van der Waals surface area contributed by atoms with E-state index in [9.17, 15) is 4.79 Å². The second-order valence-electron chi connectivity index (χ2n) is 4.75. The lowest BCUT2D eigenvalue weighted by atomic mass is 10.1. The predicted molar refractivity (Wildman–Crippen MR) is 70.8 cm³/mol. The molecule has 0 fully saturated rings. The van der Waals surface area contributed by atoms with Crippen molar-refractivity contribution < 1.29 is 9.53 Å². The van der Waals surface area contributed by atoms with Crippen LogP contribution in [0.15, 0.2) is 0 Å². The minimum atomic E-state index is 0.0745. The molecule has 3 N–H and O–H groups in total. The Labute approximate surface area is 105 Å². The maximum atomic E-state index is 11.6. The van der Waals surface area contributed by atoms with Crippen LogP contribution in [0.25, 0.3) is 0 Å². The molecule has 0 aliphatic carbocycles. The third kappa shape index (κ3) is 10.3. The highest BCUT2D eigenvalue weighted by Crippen LogP contribution is 2.04. The Hall–Kier alpha value is -0.610. The molecule has 0 spiro atoms. The average Bonchev–Trinajstić information content (AvgIpc) is 2.29. The number of carbonyl (C=O) groups excluding carboxylic acids is 1. The molecule has 0 aliphatic heterocycles. The minimum Gasteiger partial charge on any atom is -0.379 e. The monoisotopic (exact) mass is 244 g/mol. The van der Waals surface area contributed by atoms with Crippen LogP contribution < -0.4 is 11.1 Å². The summed E-state index contributed by atoms with van der Waals surface area (Å²) >= 11 is 0. The summed E-state index contributed by atoms with van der Waals surface area (Å²) in [6.07, 6.45) is 4.05. The molecule has 4 nitrogen and oxygen atoms in total. The number of nitrogens with one attached hydrogen (secondary N) is 1. The highest BCUT2D eigenvalue weighted by Gasteiger charge is 2.10. The summed E-state index contributed by atoms with van der Waals surface area (Å²) in [5.74, 6) is 0.216. The molecule has 0 aromatic rings. The topological polar surface area (TPSA) is 64.3 Å². The first-order valence-corrected chi connectivity index (χ1v) is 6.67. The summed E-state index contributed by atoms with van der Waals surface area (Å²) in [5.41, 5.74) is 5.41. The number of hydrogen-bond acceptors (Lipinski definition) is 3. The molecule has 0 bridgehead atoms. The van der Waals surface area contributed by atoms with Crippen LogP contribution in [0.3, 0.4) is 0 Å². The predicted octanol–water partition coefficient (Wildman–Crippen LogP) is 1.68. The van der Waals surface area contributed by atoms with Crippen molar-refractivity contribution in [1.29, 1.82) is 0 Å². The van der Waals surface area contributed by atoms with Gasteiger partial charge in [0.25, 0.3) is 0 Å². The maximum absolute atomic E-state index is 11.6. The summed E-state index contributed by atoms with van der Waals surface area (Å²) in [4.78, 5) is 11.6. The van der Waals surface area contributed by atoms with Crippen LogP contribution in [0.2, 0.25) is 0 Å². The summed E-state index contributed by atoms with van der Waals surface area (Å²) in [6, 6.07) is 0. The Kier molecular flexibility index (Phi) is 10.2. The molecule has 1 atom stereocenters. The molecule has 17 heavy (non-hydrogen) atoms. The first kappa shape index (κ1) is 16.4. The van der Waals surface area contributed by atoms with E-state index in [1.165, 1.54) is 0 Å². The lowest BCUT2D eigenvalue weighted by Crippen LogP contribution is -2.30. The smallest absolute Gasteiger partial charge is 0.222 e. The Bertz CT molecular complexity index is 196. The second-order valence-corrected chi connectivity index (χ2v) is 4.75. The van der Waals surface area contributed by atoms with Gasteiger partial charge in [0.05, 0.1) is 6.10 Å². The second kappa shape index (κ2) is 10.5. The third-order valence-electron chi connectivity index (χ3n) is 2.61. The lowest BCUT2D eigenvalue weighted by molar-refractivity contribution is -0.124. The summed E-state index contributed by atoms with van der Waals surface area (Å²) in [5, 5.41) is 2.94. The summed E-state index contributed by atoms with van der Waals surface area (Å²) in [7, 11) is 0. The van der Waals surface area contributed by atoms with Gasteiger partial charge in [-0.15, -0.1) is 0 Å². The van der Waals surface area contributed by atoms with Gasteiger partial charge in [-0.3, -0.25) is 4.79 Å². The van der Waals surface area contributed by atoms with E-state index in [1.54, 1.807) is 0 Å². The largest absolute Gasteiger partial charge is 0.379 e. The zero-order valence-electron chi connectivity index (χ0n) is 11.5. The van der Waals surface area contributed by atoms with Gasteiger partial charge in [0.15, 0.2) is 0 Å². The van der Waals surface area contributed by atoms with Gasteiger partial charge in [-0.2, -0.15) is 0 Å². The highest BCUT2D eigenvalue weighted by molar-refractivity contribution is 5.78. The van der Waals surface area contributed by atoms with Gasteiger partial charge in [0.1, 0.15) is 0 Å². The van der Waals surface area contributed by atoms with E-state index < -0.39 is 0 Å². The van der Waals surface area contributed by atoms with Crippen LogP contribution >= 0.6 is 0 Å². The van der Waals surface area contributed by atoms with E-state index in [-0.39, 0.29) is 11.8 Å². The standard InChI is InChI=1S/C13H28N2O2/c1-11(2)17-10-5-4-9-15-13(16)12(3)7-6-8-14/h11-12H,4-10,14H2,1-3H3,(H,15,16). The van der Waals surface area contributed by atoms with Crippen LogP contribution in [0.4, 0.5) is 0 Å². The number of hydrogen-bond donors (Lipinski definition) is 2. The van der Waals surface area contributed by atoms with E-state index in [0.29, 0.717) is 12.6 Å². The molecule has 0 radical (unpaired) electrons. The van der Waals surface area contributed by atoms with Gasteiger partial charge < -0.3 is 15.8 Å². The number of rotatable bonds is 10. The normalized spacial score (nSPS) is 12.8. The van der Waals surface area contributed by atoms with Crippen molar-refractivity contribution in [1.82, 2.24) is 5.32 Å². The fourth-order valence-electron chi connectivity index (χ4n) is 1.49. The van der Waals surface area contributed by atoms with Gasteiger partial charge in [-0.25, -0.2) is 0 Å². The highest BCUT2D eigenvalue weighted by atomic mass is 16.5. The van der Waals surface area contributed by atoms with Crippen LogP contribution in [-0.4, -0.2) is 31.7 Å². The first-order chi connectivity index (χ1) is 8.07. The van der Waals surface area contributed by atoms with Crippen LogP contribution in [0.5, 0.6) is 0 Å². The van der Waals surface area contributed by atoms with E-state index >= 15 is 0 Å². The van der Waals surface area contributed by atoms with E-state index in [0.717, 1.165) is 38.8 Å². The van der Waals surface area contributed by atoms with Crippen molar-refractivity contribution in [3.8, 4) is 0 Å². The fraction of sp³-hybridized carbons (Fsp3) is 0.923. The van der Waals surface area contributed by atoms with Gasteiger partial charge in [0, 0.05) is 19.1 Å². The number of amides is 1.